The van der Waals surface area contributed by atoms with Crippen molar-refractivity contribution in [3.05, 3.63) is 0 Å². The first-order valence-electron chi connectivity index (χ1n) is 6.86. The van der Waals surface area contributed by atoms with Crippen molar-refractivity contribution in [2.45, 2.75) is 38.6 Å². The van der Waals surface area contributed by atoms with Crippen LogP contribution in [0.15, 0.2) is 0 Å². The summed E-state index contributed by atoms with van der Waals surface area (Å²) in [5.74, 6) is 4.41. The van der Waals surface area contributed by atoms with Gasteiger partial charge in [0.25, 0.3) is 0 Å². The van der Waals surface area contributed by atoms with E-state index in [9.17, 15) is 0 Å². The average Bonchev–Trinajstić information content (AvgIpc) is 2.67. The van der Waals surface area contributed by atoms with Crippen LogP contribution in [-0.4, -0.2) is 25.7 Å². The van der Waals surface area contributed by atoms with E-state index in [2.05, 4.69) is 17.6 Å². The Hall–Kier alpha value is -0.0800. The van der Waals surface area contributed by atoms with E-state index >= 15 is 0 Å². The molecular formula is C13H24N2. The average molecular weight is 208 g/mol. The zero-order chi connectivity index (χ0) is 10.3. The van der Waals surface area contributed by atoms with Gasteiger partial charge in [0.1, 0.15) is 0 Å². The highest BCUT2D eigenvalue weighted by Gasteiger charge is 2.64. The molecule has 2 heteroatoms. The molecule has 2 bridgehead atoms. The first kappa shape index (κ1) is 10.1. The second kappa shape index (κ2) is 4.06. The fraction of sp³-hybridized carbons (Fsp3) is 1.00. The largest absolute Gasteiger partial charge is 0.315 e. The first-order valence-corrected chi connectivity index (χ1v) is 6.86. The monoisotopic (exact) mass is 208 g/mol. The lowest BCUT2D eigenvalue weighted by Crippen LogP contribution is -2.31. The van der Waals surface area contributed by atoms with Gasteiger partial charge in [-0.2, -0.15) is 0 Å². The van der Waals surface area contributed by atoms with E-state index in [0.29, 0.717) is 0 Å². The molecule has 3 aliphatic carbocycles. The van der Waals surface area contributed by atoms with Crippen LogP contribution in [-0.2, 0) is 0 Å². The van der Waals surface area contributed by atoms with Crippen molar-refractivity contribution in [3.8, 4) is 0 Å². The second-order valence-corrected chi connectivity index (χ2v) is 5.72. The minimum absolute atomic E-state index is 0.916. The minimum atomic E-state index is 0.916. The Morgan fingerprint density at radius 3 is 2.40 bits per heavy atom. The summed E-state index contributed by atoms with van der Waals surface area (Å²) >= 11 is 0. The van der Waals surface area contributed by atoms with Crippen LogP contribution in [0.1, 0.15) is 32.6 Å². The number of fused-ring (bicyclic) bond motifs is 5. The molecule has 0 saturated heterocycles. The SMILES string of the molecule is CCCNCCNC1C2C3CCC(C3)C12. The summed E-state index contributed by atoms with van der Waals surface area (Å²) in [5, 5.41) is 7.22. The van der Waals surface area contributed by atoms with Gasteiger partial charge in [-0.05, 0) is 55.9 Å². The molecule has 0 spiro atoms. The Balaban J connectivity index is 1.34. The van der Waals surface area contributed by atoms with E-state index in [1.54, 1.807) is 6.42 Å². The second-order valence-electron chi connectivity index (χ2n) is 5.72. The molecule has 4 unspecified atom stereocenters. The van der Waals surface area contributed by atoms with Crippen LogP contribution < -0.4 is 10.6 Å². The van der Waals surface area contributed by atoms with Crippen LogP contribution in [0.2, 0.25) is 0 Å². The molecule has 4 atom stereocenters. The Bertz CT molecular complexity index is 213. The van der Waals surface area contributed by atoms with E-state index in [0.717, 1.165) is 36.3 Å². The van der Waals surface area contributed by atoms with Crippen LogP contribution in [0.3, 0.4) is 0 Å². The van der Waals surface area contributed by atoms with Gasteiger partial charge < -0.3 is 10.6 Å². The summed E-state index contributed by atoms with van der Waals surface area (Å²) in [7, 11) is 0. The first-order chi connectivity index (χ1) is 7.42. The molecule has 2 N–H and O–H groups in total. The molecule has 3 fully saturated rings. The van der Waals surface area contributed by atoms with Gasteiger partial charge in [0, 0.05) is 19.1 Å². The summed E-state index contributed by atoms with van der Waals surface area (Å²) in [6.07, 6.45) is 5.90. The summed E-state index contributed by atoms with van der Waals surface area (Å²) in [6, 6.07) is 0.916. The van der Waals surface area contributed by atoms with Gasteiger partial charge in [0.15, 0.2) is 0 Å². The molecule has 0 amide bonds. The van der Waals surface area contributed by atoms with Crippen molar-refractivity contribution in [1.29, 1.82) is 0 Å². The van der Waals surface area contributed by atoms with Crippen molar-refractivity contribution in [1.82, 2.24) is 10.6 Å². The molecule has 0 aromatic carbocycles. The van der Waals surface area contributed by atoms with Gasteiger partial charge in [-0.1, -0.05) is 6.92 Å². The fourth-order valence-corrected chi connectivity index (χ4v) is 4.23. The van der Waals surface area contributed by atoms with Crippen molar-refractivity contribution in [3.63, 3.8) is 0 Å². The maximum absolute atomic E-state index is 3.76. The molecule has 2 nitrogen and oxygen atoms in total. The minimum Gasteiger partial charge on any atom is -0.315 e. The van der Waals surface area contributed by atoms with Crippen LogP contribution in [0.4, 0.5) is 0 Å². The Labute approximate surface area is 93.2 Å². The van der Waals surface area contributed by atoms with Crippen molar-refractivity contribution in [2.24, 2.45) is 23.7 Å². The van der Waals surface area contributed by atoms with Crippen LogP contribution in [0.25, 0.3) is 0 Å². The van der Waals surface area contributed by atoms with Crippen molar-refractivity contribution in [2.75, 3.05) is 19.6 Å². The molecule has 15 heavy (non-hydrogen) atoms. The zero-order valence-corrected chi connectivity index (χ0v) is 9.84. The highest BCUT2D eigenvalue weighted by Crippen LogP contribution is 2.65. The summed E-state index contributed by atoms with van der Waals surface area (Å²) < 4.78 is 0. The van der Waals surface area contributed by atoms with Crippen LogP contribution in [0.5, 0.6) is 0 Å². The smallest absolute Gasteiger partial charge is 0.0136 e. The molecule has 0 heterocycles. The third-order valence-corrected chi connectivity index (χ3v) is 4.84. The van der Waals surface area contributed by atoms with Gasteiger partial charge in [0.2, 0.25) is 0 Å². The Morgan fingerprint density at radius 2 is 1.73 bits per heavy atom. The van der Waals surface area contributed by atoms with E-state index in [1.165, 1.54) is 32.4 Å². The Kier molecular flexibility index (Phi) is 2.73. The standard InChI is InChI=1S/C13H24N2/c1-2-5-14-6-7-15-13-11-9-3-4-10(8-9)12(11)13/h9-15H,2-8H2,1H3. The maximum Gasteiger partial charge on any atom is 0.0136 e. The number of nitrogens with one attached hydrogen (secondary N) is 2. The van der Waals surface area contributed by atoms with E-state index in [1.807, 2.05) is 0 Å². The number of hydrogen-bond donors (Lipinski definition) is 2. The lowest BCUT2D eigenvalue weighted by Gasteiger charge is -2.10. The van der Waals surface area contributed by atoms with Gasteiger partial charge in [-0.25, -0.2) is 0 Å². The van der Waals surface area contributed by atoms with Gasteiger partial charge >= 0.3 is 0 Å². The van der Waals surface area contributed by atoms with E-state index in [4.69, 9.17) is 0 Å². The van der Waals surface area contributed by atoms with Gasteiger partial charge in [-0.3, -0.25) is 0 Å². The third kappa shape index (κ3) is 1.72. The van der Waals surface area contributed by atoms with Gasteiger partial charge in [0.05, 0.1) is 0 Å². The molecule has 0 aromatic rings. The lowest BCUT2D eigenvalue weighted by molar-refractivity contribution is 0.456. The fourth-order valence-electron chi connectivity index (χ4n) is 4.23. The zero-order valence-electron chi connectivity index (χ0n) is 9.84. The third-order valence-electron chi connectivity index (χ3n) is 4.84. The molecule has 3 aliphatic rings. The molecular weight excluding hydrogens is 184 g/mol. The van der Waals surface area contributed by atoms with E-state index < -0.39 is 0 Å². The molecule has 86 valence electrons. The van der Waals surface area contributed by atoms with Crippen molar-refractivity contribution >= 4 is 0 Å². The maximum atomic E-state index is 3.76. The highest BCUT2D eigenvalue weighted by molar-refractivity contribution is 5.16. The number of hydrogen-bond acceptors (Lipinski definition) is 2. The predicted octanol–water partition coefficient (Wildman–Crippen LogP) is 1.62. The molecule has 3 rings (SSSR count). The van der Waals surface area contributed by atoms with Crippen LogP contribution >= 0.6 is 0 Å². The summed E-state index contributed by atoms with van der Waals surface area (Å²) in [6.45, 7) is 5.73. The summed E-state index contributed by atoms with van der Waals surface area (Å²) in [4.78, 5) is 0. The molecule has 0 aromatic heterocycles. The molecule has 0 radical (unpaired) electrons. The van der Waals surface area contributed by atoms with Crippen molar-refractivity contribution < 1.29 is 0 Å². The van der Waals surface area contributed by atoms with Gasteiger partial charge in [-0.15, -0.1) is 0 Å². The quantitative estimate of drug-likeness (QED) is 0.648. The van der Waals surface area contributed by atoms with Crippen LogP contribution in [0, 0.1) is 23.7 Å². The number of rotatable bonds is 6. The summed E-state index contributed by atoms with van der Waals surface area (Å²) in [5.41, 5.74) is 0. The normalized spacial score (nSPS) is 45.8. The molecule has 3 saturated carbocycles. The highest BCUT2D eigenvalue weighted by atomic mass is 15.0. The molecule has 0 aliphatic heterocycles. The topological polar surface area (TPSA) is 24.1 Å². The van der Waals surface area contributed by atoms with E-state index in [-0.39, 0.29) is 0 Å². The predicted molar refractivity (Wildman–Crippen MR) is 62.8 cm³/mol. The Morgan fingerprint density at radius 1 is 1.00 bits per heavy atom. The lowest BCUT2D eigenvalue weighted by atomic mass is 10.0.